The number of para-hydroxylation sites is 1. The van der Waals surface area contributed by atoms with Crippen molar-refractivity contribution in [2.24, 2.45) is 5.73 Å². The number of benzene rings is 1. The summed E-state index contributed by atoms with van der Waals surface area (Å²) in [4.78, 5) is 0. The summed E-state index contributed by atoms with van der Waals surface area (Å²) in [5.74, 6) is 1.31. The largest absolute Gasteiger partial charge is 0.493 e. The van der Waals surface area contributed by atoms with Gasteiger partial charge >= 0.3 is 0 Å². The third kappa shape index (κ3) is 1.42. The number of nitrogens with two attached hydrogens (primary N) is 1. The fourth-order valence-corrected chi connectivity index (χ4v) is 1.78. The van der Waals surface area contributed by atoms with Crippen molar-refractivity contribution >= 4 is 0 Å². The van der Waals surface area contributed by atoms with Crippen LogP contribution in [0.3, 0.4) is 0 Å². The highest BCUT2D eigenvalue weighted by Gasteiger charge is 2.33. The molecule has 0 amide bonds. The van der Waals surface area contributed by atoms with E-state index in [0.717, 1.165) is 5.75 Å². The molecule has 1 aliphatic rings. The van der Waals surface area contributed by atoms with E-state index in [4.69, 9.17) is 10.5 Å². The molecule has 13 heavy (non-hydrogen) atoms. The smallest absolute Gasteiger partial charge is 0.122 e. The van der Waals surface area contributed by atoms with Crippen LogP contribution in [-0.4, -0.2) is 12.1 Å². The normalized spacial score (nSPS) is 21.0. The van der Waals surface area contributed by atoms with Crippen molar-refractivity contribution in [3.8, 4) is 5.75 Å². The Hall–Kier alpha value is -1.02. The van der Waals surface area contributed by atoms with Crippen LogP contribution in [0.25, 0.3) is 0 Å². The zero-order valence-electron chi connectivity index (χ0n) is 8.08. The van der Waals surface area contributed by atoms with Gasteiger partial charge in [0.15, 0.2) is 0 Å². The Morgan fingerprint density at radius 3 is 2.77 bits per heavy atom. The summed E-state index contributed by atoms with van der Waals surface area (Å²) in [5, 5.41) is 0. The summed E-state index contributed by atoms with van der Waals surface area (Å²) < 4.78 is 5.56. The molecule has 0 spiro atoms. The average molecular weight is 177 g/mol. The van der Waals surface area contributed by atoms with Crippen LogP contribution in [0.4, 0.5) is 0 Å². The Morgan fingerprint density at radius 1 is 1.38 bits per heavy atom. The van der Waals surface area contributed by atoms with Gasteiger partial charge in [-0.15, -0.1) is 0 Å². The zero-order chi connectivity index (χ0) is 9.47. The van der Waals surface area contributed by atoms with E-state index >= 15 is 0 Å². The van der Waals surface area contributed by atoms with Gasteiger partial charge in [0.2, 0.25) is 0 Å². The fourth-order valence-electron chi connectivity index (χ4n) is 1.78. The lowest BCUT2D eigenvalue weighted by molar-refractivity contribution is 0.283. The molecule has 0 aliphatic carbocycles. The van der Waals surface area contributed by atoms with E-state index in [1.807, 2.05) is 32.0 Å². The van der Waals surface area contributed by atoms with Crippen LogP contribution in [0.1, 0.15) is 25.3 Å². The summed E-state index contributed by atoms with van der Waals surface area (Å²) >= 11 is 0. The number of hydrogen-bond donors (Lipinski definition) is 1. The van der Waals surface area contributed by atoms with Gasteiger partial charge in [-0.25, -0.2) is 0 Å². The minimum Gasteiger partial charge on any atom is -0.493 e. The molecular weight excluding hydrogens is 162 g/mol. The topological polar surface area (TPSA) is 35.2 Å². The Morgan fingerprint density at radius 2 is 2.08 bits per heavy atom. The summed E-state index contributed by atoms with van der Waals surface area (Å²) in [7, 11) is 0. The first-order chi connectivity index (χ1) is 6.09. The van der Waals surface area contributed by atoms with Crippen LogP contribution in [0.2, 0.25) is 0 Å². The van der Waals surface area contributed by atoms with Crippen LogP contribution in [0.15, 0.2) is 24.3 Å². The van der Waals surface area contributed by atoms with E-state index in [1.165, 1.54) is 5.56 Å². The monoisotopic (exact) mass is 177 g/mol. The Kier molecular flexibility index (Phi) is 1.81. The van der Waals surface area contributed by atoms with E-state index in [-0.39, 0.29) is 5.54 Å². The summed E-state index contributed by atoms with van der Waals surface area (Å²) in [6, 6.07) is 8.12. The van der Waals surface area contributed by atoms with Crippen LogP contribution >= 0.6 is 0 Å². The van der Waals surface area contributed by atoms with Gasteiger partial charge in [-0.3, -0.25) is 0 Å². The second-order valence-electron chi connectivity index (χ2n) is 4.22. The maximum Gasteiger partial charge on any atom is 0.122 e. The summed E-state index contributed by atoms with van der Waals surface area (Å²) in [5.41, 5.74) is 7.12. The van der Waals surface area contributed by atoms with Crippen molar-refractivity contribution in [1.29, 1.82) is 0 Å². The Labute approximate surface area is 78.7 Å². The number of fused-ring (bicyclic) bond motifs is 1. The van der Waals surface area contributed by atoms with Crippen molar-refractivity contribution in [2.45, 2.75) is 25.3 Å². The quantitative estimate of drug-likeness (QED) is 0.711. The van der Waals surface area contributed by atoms with Gasteiger partial charge in [-0.2, -0.15) is 0 Å². The molecule has 0 bridgehead atoms. The highest BCUT2D eigenvalue weighted by molar-refractivity contribution is 5.41. The molecule has 1 aliphatic heterocycles. The molecule has 0 fully saturated rings. The Bertz CT molecular complexity index is 314. The molecule has 0 saturated carbocycles. The molecule has 2 rings (SSSR count). The molecular formula is C11H15NO. The van der Waals surface area contributed by atoms with Gasteiger partial charge in [0, 0.05) is 17.0 Å². The molecule has 1 unspecified atom stereocenters. The van der Waals surface area contributed by atoms with Gasteiger partial charge in [-0.1, -0.05) is 18.2 Å². The van der Waals surface area contributed by atoms with Gasteiger partial charge in [0.05, 0.1) is 6.61 Å². The highest BCUT2D eigenvalue weighted by Crippen LogP contribution is 2.38. The van der Waals surface area contributed by atoms with Crippen LogP contribution in [0, 0.1) is 0 Å². The van der Waals surface area contributed by atoms with Crippen molar-refractivity contribution in [1.82, 2.24) is 0 Å². The molecule has 1 aromatic rings. The number of hydrogen-bond acceptors (Lipinski definition) is 2. The average Bonchev–Trinajstić information content (AvgIpc) is 2.45. The van der Waals surface area contributed by atoms with E-state index in [0.29, 0.717) is 12.5 Å². The second kappa shape index (κ2) is 2.74. The molecule has 2 N–H and O–H groups in total. The highest BCUT2D eigenvalue weighted by atomic mass is 16.5. The summed E-state index contributed by atoms with van der Waals surface area (Å²) in [6.07, 6.45) is 0. The number of ether oxygens (including phenoxy) is 1. The van der Waals surface area contributed by atoms with E-state index in [9.17, 15) is 0 Å². The van der Waals surface area contributed by atoms with Gasteiger partial charge in [-0.05, 0) is 19.9 Å². The SMILES string of the molecule is CC(C)(N)C1COc2ccccc21. The number of rotatable bonds is 1. The molecule has 70 valence electrons. The van der Waals surface area contributed by atoms with E-state index < -0.39 is 0 Å². The summed E-state index contributed by atoms with van der Waals surface area (Å²) in [6.45, 7) is 4.80. The van der Waals surface area contributed by atoms with Crippen molar-refractivity contribution < 1.29 is 4.74 Å². The molecule has 0 radical (unpaired) electrons. The molecule has 0 aromatic heterocycles. The predicted octanol–water partition coefficient (Wildman–Crippen LogP) is 1.90. The third-order valence-corrected chi connectivity index (χ3v) is 2.60. The van der Waals surface area contributed by atoms with Crippen LogP contribution in [0.5, 0.6) is 5.75 Å². The van der Waals surface area contributed by atoms with Gasteiger partial charge in [0.1, 0.15) is 5.75 Å². The fraction of sp³-hybridized carbons (Fsp3) is 0.455. The third-order valence-electron chi connectivity index (χ3n) is 2.60. The first kappa shape index (κ1) is 8.57. The molecule has 2 heteroatoms. The van der Waals surface area contributed by atoms with Crippen LogP contribution in [-0.2, 0) is 0 Å². The maximum atomic E-state index is 6.08. The van der Waals surface area contributed by atoms with Crippen LogP contribution < -0.4 is 10.5 Å². The first-order valence-corrected chi connectivity index (χ1v) is 4.59. The van der Waals surface area contributed by atoms with E-state index in [1.54, 1.807) is 0 Å². The van der Waals surface area contributed by atoms with Gasteiger partial charge in [0.25, 0.3) is 0 Å². The molecule has 1 heterocycles. The molecule has 2 nitrogen and oxygen atoms in total. The lowest BCUT2D eigenvalue weighted by Gasteiger charge is -2.25. The predicted molar refractivity (Wildman–Crippen MR) is 52.9 cm³/mol. The minimum absolute atomic E-state index is 0.202. The van der Waals surface area contributed by atoms with Crippen molar-refractivity contribution in [3.05, 3.63) is 29.8 Å². The first-order valence-electron chi connectivity index (χ1n) is 4.59. The lowest BCUT2D eigenvalue weighted by Crippen LogP contribution is -2.40. The van der Waals surface area contributed by atoms with Gasteiger partial charge < -0.3 is 10.5 Å². The minimum atomic E-state index is -0.202. The molecule has 0 saturated heterocycles. The zero-order valence-corrected chi connectivity index (χ0v) is 8.08. The maximum absolute atomic E-state index is 6.08. The second-order valence-corrected chi connectivity index (χ2v) is 4.22. The molecule has 1 atom stereocenters. The van der Waals surface area contributed by atoms with E-state index in [2.05, 4.69) is 6.07 Å². The molecule has 1 aromatic carbocycles. The van der Waals surface area contributed by atoms with Crippen molar-refractivity contribution in [2.75, 3.05) is 6.61 Å². The van der Waals surface area contributed by atoms with Crippen molar-refractivity contribution in [3.63, 3.8) is 0 Å². The Balaban J connectivity index is 2.39. The standard InChI is InChI=1S/C11H15NO/c1-11(2,12)9-7-13-10-6-4-3-5-8(9)10/h3-6,9H,7,12H2,1-2H3. The lowest BCUT2D eigenvalue weighted by atomic mass is 9.84.